The lowest BCUT2D eigenvalue weighted by molar-refractivity contribution is -0.122. The first-order valence-corrected chi connectivity index (χ1v) is 8.77. The average molecular weight is 376 g/mol. The van der Waals surface area contributed by atoms with Gasteiger partial charge in [0, 0.05) is 12.5 Å². The topological polar surface area (TPSA) is 56.8 Å². The van der Waals surface area contributed by atoms with E-state index in [0.717, 1.165) is 11.1 Å². The first kappa shape index (κ1) is 18.4. The lowest BCUT2D eigenvalue weighted by Crippen LogP contribution is -2.21. The second-order valence-electron chi connectivity index (χ2n) is 6.21. The van der Waals surface area contributed by atoms with Gasteiger partial charge in [-0.25, -0.2) is 0 Å². The number of ether oxygens (including phenoxy) is 3. The van der Waals surface area contributed by atoms with Gasteiger partial charge >= 0.3 is 0 Å². The average Bonchev–Trinajstić information content (AvgIpc) is 3.02. The summed E-state index contributed by atoms with van der Waals surface area (Å²) in [6, 6.07) is 11.4. The third-order valence-corrected chi connectivity index (χ3v) is 5.14. The van der Waals surface area contributed by atoms with E-state index in [0.29, 0.717) is 35.2 Å². The summed E-state index contributed by atoms with van der Waals surface area (Å²) in [7, 11) is 4.80. The van der Waals surface area contributed by atoms with Crippen LogP contribution < -0.4 is 19.5 Å². The van der Waals surface area contributed by atoms with E-state index in [2.05, 4.69) is 5.32 Å². The van der Waals surface area contributed by atoms with E-state index >= 15 is 0 Å². The minimum absolute atomic E-state index is 0.0333. The number of benzene rings is 2. The van der Waals surface area contributed by atoms with Crippen molar-refractivity contribution in [2.75, 3.05) is 27.9 Å². The van der Waals surface area contributed by atoms with Crippen LogP contribution >= 0.6 is 11.6 Å². The molecule has 0 radical (unpaired) electrons. The number of rotatable bonds is 6. The van der Waals surface area contributed by atoms with Crippen molar-refractivity contribution in [3.63, 3.8) is 0 Å². The molecule has 26 heavy (non-hydrogen) atoms. The van der Waals surface area contributed by atoms with Gasteiger partial charge in [-0.15, -0.1) is 0 Å². The molecule has 0 unspecified atom stereocenters. The third-order valence-electron chi connectivity index (χ3n) is 4.85. The Morgan fingerprint density at radius 2 is 1.85 bits per heavy atom. The smallest absolute Gasteiger partial charge is 0.224 e. The molecule has 2 aromatic carbocycles. The second-order valence-corrected chi connectivity index (χ2v) is 6.62. The van der Waals surface area contributed by atoms with Crippen LogP contribution in [0.1, 0.15) is 17.0 Å². The molecule has 1 saturated heterocycles. The zero-order chi connectivity index (χ0) is 18.7. The summed E-state index contributed by atoms with van der Waals surface area (Å²) >= 11 is 6.22. The number of halogens is 1. The molecule has 2 aromatic rings. The van der Waals surface area contributed by atoms with E-state index in [9.17, 15) is 4.79 Å². The van der Waals surface area contributed by atoms with Crippen LogP contribution in [-0.2, 0) is 11.2 Å². The molecule has 1 fully saturated rings. The lowest BCUT2D eigenvalue weighted by Gasteiger charge is -2.20. The fourth-order valence-corrected chi connectivity index (χ4v) is 3.79. The molecule has 1 N–H and O–H groups in total. The zero-order valence-electron chi connectivity index (χ0n) is 15.0. The number of amides is 1. The Labute approximate surface area is 158 Å². The molecule has 0 aromatic heterocycles. The quantitative estimate of drug-likeness (QED) is 0.840. The summed E-state index contributed by atoms with van der Waals surface area (Å²) in [5.41, 5.74) is 1.96. The number of carbonyl (C=O) groups is 1. The van der Waals surface area contributed by atoms with E-state index in [-0.39, 0.29) is 17.7 Å². The van der Waals surface area contributed by atoms with Gasteiger partial charge in [0.05, 0.1) is 32.3 Å². The molecule has 1 amide bonds. The Hall–Kier alpha value is -2.40. The molecule has 0 saturated carbocycles. The highest BCUT2D eigenvalue weighted by Crippen LogP contribution is 2.38. The molecule has 3 rings (SSSR count). The highest BCUT2D eigenvalue weighted by molar-refractivity contribution is 6.32. The summed E-state index contributed by atoms with van der Waals surface area (Å²) in [6.45, 7) is 0.585. The van der Waals surface area contributed by atoms with Gasteiger partial charge in [-0.3, -0.25) is 4.79 Å². The number of methoxy groups -OCH3 is 3. The Balaban J connectivity index is 1.92. The van der Waals surface area contributed by atoms with Crippen LogP contribution in [0.5, 0.6) is 17.2 Å². The van der Waals surface area contributed by atoms with Crippen LogP contribution in [-0.4, -0.2) is 33.8 Å². The molecule has 5 nitrogen and oxygen atoms in total. The summed E-state index contributed by atoms with van der Waals surface area (Å²) in [6.07, 6.45) is 0.550. The fourth-order valence-electron chi connectivity index (χ4n) is 3.51. The Morgan fingerprint density at radius 3 is 2.54 bits per heavy atom. The van der Waals surface area contributed by atoms with E-state index in [1.54, 1.807) is 27.4 Å². The monoisotopic (exact) mass is 375 g/mol. The van der Waals surface area contributed by atoms with Crippen molar-refractivity contribution < 1.29 is 19.0 Å². The molecule has 6 heteroatoms. The highest BCUT2D eigenvalue weighted by atomic mass is 35.5. The van der Waals surface area contributed by atoms with E-state index in [1.165, 1.54) is 0 Å². The van der Waals surface area contributed by atoms with Crippen molar-refractivity contribution in [3.8, 4) is 17.2 Å². The lowest BCUT2D eigenvalue weighted by atomic mass is 9.84. The normalized spacial score (nSPS) is 19.2. The molecule has 138 valence electrons. The van der Waals surface area contributed by atoms with Crippen LogP contribution in [0.3, 0.4) is 0 Å². The number of hydrogen-bond donors (Lipinski definition) is 1. The Kier molecular flexibility index (Phi) is 5.57. The summed E-state index contributed by atoms with van der Waals surface area (Å²) in [5.74, 6) is 1.81. The van der Waals surface area contributed by atoms with Crippen LogP contribution in [0, 0.1) is 5.92 Å². The number of para-hydroxylation sites is 1. The van der Waals surface area contributed by atoms with Crippen LogP contribution in [0.25, 0.3) is 0 Å². The summed E-state index contributed by atoms with van der Waals surface area (Å²) in [4.78, 5) is 12.5. The SMILES string of the molecule is COc1ccc([C@H]2CNC(=O)[C@@H]2Cc2cccc(Cl)c2OC)cc1OC. The fraction of sp³-hybridized carbons (Fsp3) is 0.350. The van der Waals surface area contributed by atoms with Crippen LogP contribution in [0.2, 0.25) is 5.02 Å². The molecular weight excluding hydrogens is 354 g/mol. The van der Waals surface area contributed by atoms with Crippen molar-refractivity contribution >= 4 is 17.5 Å². The zero-order valence-corrected chi connectivity index (χ0v) is 15.8. The van der Waals surface area contributed by atoms with Gasteiger partial charge in [-0.2, -0.15) is 0 Å². The Morgan fingerprint density at radius 1 is 1.08 bits per heavy atom. The maximum Gasteiger partial charge on any atom is 0.224 e. The van der Waals surface area contributed by atoms with E-state index < -0.39 is 0 Å². The molecule has 0 aliphatic carbocycles. The first-order valence-electron chi connectivity index (χ1n) is 8.40. The van der Waals surface area contributed by atoms with Crippen LogP contribution in [0.4, 0.5) is 0 Å². The van der Waals surface area contributed by atoms with Crippen molar-refractivity contribution in [2.45, 2.75) is 12.3 Å². The van der Waals surface area contributed by atoms with Gasteiger partial charge in [0.1, 0.15) is 5.75 Å². The minimum Gasteiger partial charge on any atom is -0.495 e. The van der Waals surface area contributed by atoms with Crippen molar-refractivity contribution in [3.05, 3.63) is 52.5 Å². The van der Waals surface area contributed by atoms with Gasteiger partial charge in [0.2, 0.25) is 5.91 Å². The molecular formula is C20H22ClNO4. The van der Waals surface area contributed by atoms with Gasteiger partial charge in [0.25, 0.3) is 0 Å². The van der Waals surface area contributed by atoms with Gasteiger partial charge in [-0.05, 0) is 35.7 Å². The molecule has 1 aliphatic rings. The molecule has 0 spiro atoms. The first-order chi connectivity index (χ1) is 12.6. The van der Waals surface area contributed by atoms with Gasteiger partial charge < -0.3 is 19.5 Å². The van der Waals surface area contributed by atoms with Crippen LogP contribution in [0.15, 0.2) is 36.4 Å². The standard InChI is InChI=1S/C20H22ClNO4/c1-24-17-8-7-12(10-18(17)25-2)15-11-22-20(23)14(15)9-13-5-4-6-16(21)19(13)26-3/h4-8,10,14-15H,9,11H2,1-3H3,(H,22,23)/t14-,15-/m1/s1. The number of hydrogen-bond acceptors (Lipinski definition) is 4. The maximum absolute atomic E-state index is 12.5. The largest absolute Gasteiger partial charge is 0.495 e. The highest BCUT2D eigenvalue weighted by Gasteiger charge is 2.36. The number of carbonyl (C=O) groups excluding carboxylic acids is 1. The van der Waals surface area contributed by atoms with Gasteiger partial charge in [0.15, 0.2) is 11.5 Å². The molecule has 1 heterocycles. The number of nitrogens with one attached hydrogen (secondary N) is 1. The van der Waals surface area contributed by atoms with Crippen molar-refractivity contribution in [2.24, 2.45) is 5.92 Å². The van der Waals surface area contributed by atoms with E-state index in [1.807, 2.05) is 30.3 Å². The predicted octanol–water partition coefficient (Wildman–Crippen LogP) is 3.44. The van der Waals surface area contributed by atoms with Gasteiger partial charge in [-0.1, -0.05) is 29.8 Å². The summed E-state index contributed by atoms with van der Waals surface area (Å²) in [5, 5.41) is 3.52. The third kappa shape index (κ3) is 3.44. The second kappa shape index (κ2) is 7.87. The Bertz CT molecular complexity index is 808. The maximum atomic E-state index is 12.5. The minimum atomic E-state index is -0.208. The molecule has 2 atom stereocenters. The van der Waals surface area contributed by atoms with Crippen molar-refractivity contribution in [1.82, 2.24) is 5.32 Å². The molecule has 1 aliphatic heterocycles. The van der Waals surface area contributed by atoms with Crippen molar-refractivity contribution in [1.29, 1.82) is 0 Å². The predicted molar refractivity (Wildman–Crippen MR) is 100 cm³/mol. The summed E-state index contributed by atoms with van der Waals surface area (Å²) < 4.78 is 16.1. The van der Waals surface area contributed by atoms with E-state index in [4.69, 9.17) is 25.8 Å². The molecule has 0 bridgehead atoms.